The molecule has 0 saturated heterocycles. The second-order valence-corrected chi connectivity index (χ2v) is 8.23. The van der Waals surface area contributed by atoms with Crippen LogP contribution in [0.25, 0.3) is 5.57 Å². The predicted molar refractivity (Wildman–Crippen MR) is 126 cm³/mol. The number of imide groups is 1. The van der Waals surface area contributed by atoms with E-state index in [0.29, 0.717) is 17.0 Å². The van der Waals surface area contributed by atoms with Crippen molar-refractivity contribution in [2.24, 2.45) is 0 Å². The van der Waals surface area contributed by atoms with Gasteiger partial charge in [-0.2, -0.15) is 0 Å². The molecular weight excluding hydrogens is 384 g/mol. The first-order chi connectivity index (χ1) is 14.8. The van der Waals surface area contributed by atoms with Crippen LogP contribution in [0.3, 0.4) is 0 Å². The summed E-state index contributed by atoms with van der Waals surface area (Å²) >= 11 is 0. The number of carbonyl (C=O) groups excluding carboxylic acids is 2. The first-order valence-electron chi connectivity index (χ1n) is 10.4. The smallest absolute Gasteiger partial charge is 0.282 e. The summed E-state index contributed by atoms with van der Waals surface area (Å²) in [6.45, 7) is 9.90. The fraction of sp³-hybridized carbons (Fsp3) is 0.185. The minimum Gasteiger partial charge on any atom is -0.350 e. The highest BCUT2D eigenvalue weighted by molar-refractivity contribution is 6.46. The molecule has 0 aromatic heterocycles. The number of benzene rings is 3. The summed E-state index contributed by atoms with van der Waals surface area (Å²) in [5, 5.41) is 3.25. The molecular formula is C27H26N2O2. The van der Waals surface area contributed by atoms with Gasteiger partial charge in [0, 0.05) is 5.69 Å². The highest BCUT2D eigenvalue weighted by atomic mass is 16.2. The Bertz CT molecular complexity index is 1250. The van der Waals surface area contributed by atoms with Crippen LogP contribution in [-0.2, 0) is 9.59 Å². The van der Waals surface area contributed by atoms with Crippen molar-refractivity contribution in [1.82, 2.24) is 0 Å². The van der Waals surface area contributed by atoms with E-state index in [1.165, 1.54) is 4.90 Å². The van der Waals surface area contributed by atoms with Crippen molar-refractivity contribution in [3.8, 4) is 0 Å². The average molecular weight is 411 g/mol. The zero-order chi connectivity index (χ0) is 22.3. The number of rotatable bonds is 4. The lowest BCUT2D eigenvalue weighted by molar-refractivity contribution is -0.120. The van der Waals surface area contributed by atoms with Gasteiger partial charge in [0.05, 0.1) is 11.3 Å². The summed E-state index contributed by atoms with van der Waals surface area (Å²) in [5.74, 6) is -0.643. The van der Waals surface area contributed by atoms with E-state index >= 15 is 0 Å². The van der Waals surface area contributed by atoms with Crippen LogP contribution in [-0.4, -0.2) is 11.8 Å². The Hall–Kier alpha value is -3.66. The number of carbonyl (C=O) groups is 2. The summed E-state index contributed by atoms with van der Waals surface area (Å²) in [6, 6.07) is 19.4. The van der Waals surface area contributed by atoms with Crippen LogP contribution in [0.1, 0.15) is 33.4 Å². The first kappa shape index (κ1) is 20.6. The highest BCUT2D eigenvalue weighted by Crippen LogP contribution is 2.37. The van der Waals surface area contributed by atoms with Gasteiger partial charge in [-0.05, 0) is 80.6 Å². The van der Waals surface area contributed by atoms with Crippen molar-refractivity contribution in [3.63, 3.8) is 0 Å². The molecule has 0 saturated carbocycles. The summed E-state index contributed by atoms with van der Waals surface area (Å²) in [6.07, 6.45) is 0. The Morgan fingerprint density at radius 2 is 1.42 bits per heavy atom. The third-order valence-electron chi connectivity index (χ3n) is 5.84. The molecule has 4 heteroatoms. The minimum atomic E-state index is -0.338. The monoisotopic (exact) mass is 410 g/mol. The molecule has 4 rings (SSSR count). The van der Waals surface area contributed by atoms with Crippen molar-refractivity contribution >= 4 is 28.8 Å². The standard InChI is InChI=1S/C27H26N2O2/c1-16-8-6-10-21(15-16)28-25-24(22-13-12-17(2)14-19(22)4)26(30)29(27(25)31)23-11-7-9-18(3)20(23)5/h6-15,28H,1-5H3. The molecule has 0 spiro atoms. The third kappa shape index (κ3) is 3.66. The van der Waals surface area contributed by atoms with Crippen molar-refractivity contribution < 1.29 is 9.59 Å². The number of hydrogen-bond acceptors (Lipinski definition) is 3. The van der Waals surface area contributed by atoms with Crippen LogP contribution in [0.4, 0.5) is 11.4 Å². The molecule has 1 N–H and O–H groups in total. The van der Waals surface area contributed by atoms with E-state index in [9.17, 15) is 9.59 Å². The van der Waals surface area contributed by atoms with Gasteiger partial charge < -0.3 is 5.32 Å². The Morgan fingerprint density at radius 3 is 2.13 bits per heavy atom. The summed E-state index contributed by atoms with van der Waals surface area (Å²) in [5.41, 5.74) is 7.98. The molecule has 0 unspecified atom stereocenters. The topological polar surface area (TPSA) is 49.4 Å². The van der Waals surface area contributed by atoms with Gasteiger partial charge in [-0.25, -0.2) is 4.90 Å². The molecule has 0 aliphatic carbocycles. The number of anilines is 2. The molecule has 3 aromatic carbocycles. The van der Waals surface area contributed by atoms with E-state index < -0.39 is 0 Å². The van der Waals surface area contributed by atoms with Crippen LogP contribution >= 0.6 is 0 Å². The Morgan fingerprint density at radius 1 is 0.710 bits per heavy atom. The van der Waals surface area contributed by atoms with Gasteiger partial charge >= 0.3 is 0 Å². The van der Waals surface area contributed by atoms with Gasteiger partial charge in [-0.1, -0.05) is 48.0 Å². The number of aryl methyl sites for hydroxylation is 4. The SMILES string of the molecule is Cc1cccc(NC2=C(c3ccc(C)cc3C)C(=O)N(c3cccc(C)c3C)C2=O)c1. The molecule has 0 atom stereocenters. The molecule has 1 aliphatic heterocycles. The number of nitrogens with zero attached hydrogens (tertiary/aromatic N) is 1. The van der Waals surface area contributed by atoms with Crippen LogP contribution in [0.15, 0.2) is 66.4 Å². The normalized spacial score (nSPS) is 13.9. The zero-order valence-corrected chi connectivity index (χ0v) is 18.5. The molecule has 3 aromatic rings. The maximum Gasteiger partial charge on any atom is 0.282 e. The van der Waals surface area contributed by atoms with Gasteiger partial charge in [0.25, 0.3) is 11.8 Å². The van der Waals surface area contributed by atoms with Gasteiger partial charge in [-0.3, -0.25) is 9.59 Å². The summed E-state index contributed by atoms with van der Waals surface area (Å²) in [4.78, 5) is 28.6. The lowest BCUT2D eigenvalue weighted by Crippen LogP contribution is -2.33. The first-order valence-corrected chi connectivity index (χ1v) is 10.4. The lowest BCUT2D eigenvalue weighted by atomic mass is 9.97. The van der Waals surface area contributed by atoms with Crippen LogP contribution < -0.4 is 10.2 Å². The second-order valence-electron chi connectivity index (χ2n) is 8.23. The maximum atomic E-state index is 13.7. The van der Waals surface area contributed by atoms with E-state index in [0.717, 1.165) is 39.1 Å². The van der Waals surface area contributed by atoms with Crippen molar-refractivity contribution in [2.75, 3.05) is 10.2 Å². The van der Waals surface area contributed by atoms with Gasteiger partial charge in [0.1, 0.15) is 5.70 Å². The second kappa shape index (κ2) is 7.88. The molecule has 0 fully saturated rings. The number of hydrogen-bond donors (Lipinski definition) is 1. The van der Waals surface area contributed by atoms with Crippen molar-refractivity contribution in [3.05, 3.63) is 99.7 Å². The Kier molecular flexibility index (Phi) is 5.24. The van der Waals surface area contributed by atoms with E-state index in [1.54, 1.807) is 0 Å². The molecule has 2 amide bonds. The number of amides is 2. The quantitative estimate of drug-likeness (QED) is 0.568. The van der Waals surface area contributed by atoms with Crippen molar-refractivity contribution in [2.45, 2.75) is 34.6 Å². The van der Waals surface area contributed by atoms with Crippen molar-refractivity contribution in [1.29, 1.82) is 0 Å². The molecule has 31 heavy (non-hydrogen) atoms. The summed E-state index contributed by atoms with van der Waals surface area (Å²) in [7, 11) is 0. The fourth-order valence-corrected chi connectivity index (χ4v) is 4.05. The van der Waals surface area contributed by atoms with Gasteiger partial charge in [-0.15, -0.1) is 0 Å². The van der Waals surface area contributed by atoms with Crippen LogP contribution in [0.2, 0.25) is 0 Å². The van der Waals surface area contributed by atoms with E-state index in [-0.39, 0.29) is 11.8 Å². The minimum absolute atomic E-state index is 0.305. The van der Waals surface area contributed by atoms with E-state index in [1.807, 2.05) is 95.3 Å². The Balaban J connectivity index is 1.89. The molecule has 1 aliphatic rings. The molecule has 0 radical (unpaired) electrons. The van der Waals surface area contributed by atoms with E-state index in [2.05, 4.69) is 5.32 Å². The Labute approximate surface area is 183 Å². The molecule has 1 heterocycles. The number of nitrogens with one attached hydrogen (secondary N) is 1. The van der Waals surface area contributed by atoms with Crippen LogP contribution in [0.5, 0.6) is 0 Å². The van der Waals surface area contributed by atoms with E-state index in [4.69, 9.17) is 0 Å². The fourth-order valence-electron chi connectivity index (χ4n) is 4.05. The maximum absolute atomic E-state index is 13.7. The average Bonchev–Trinajstić information content (AvgIpc) is 2.94. The van der Waals surface area contributed by atoms with Gasteiger partial charge in [0.15, 0.2) is 0 Å². The van der Waals surface area contributed by atoms with Crippen LogP contribution in [0, 0.1) is 34.6 Å². The zero-order valence-electron chi connectivity index (χ0n) is 18.5. The lowest BCUT2D eigenvalue weighted by Gasteiger charge is -2.19. The van der Waals surface area contributed by atoms with Gasteiger partial charge in [0.2, 0.25) is 0 Å². The summed E-state index contributed by atoms with van der Waals surface area (Å²) < 4.78 is 0. The highest BCUT2D eigenvalue weighted by Gasteiger charge is 2.41. The third-order valence-corrected chi connectivity index (χ3v) is 5.84. The predicted octanol–water partition coefficient (Wildman–Crippen LogP) is 5.63. The molecule has 0 bridgehead atoms. The largest absolute Gasteiger partial charge is 0.350 e. The molecule has 156 valence electrons. The molecule has 4 nitrogen and oxygen atoms in total.